The van der Waals surface area contributed by atoms with Crippen LogP contribution >= 0.6 is 23.2 Å². The number of benzene rings is 3. The second kappa shape index (κ2) is 15.2. The topological polar surface area (TPSA) is 120 Å². The Balaban J connectivity index is 1.66. The van der Waals surface area contributed by atoms with Crippen LogP contribution in [0.4, 0.5) is 0 Å². The quantitative estimate of drug-likeness (QED) is 0.114. The Labute approximate surface area is 266 Å². The highest BCUT2D eigenvalue weighted by Crippen LogP contribution is 2.45. The molecule has 0 unspecified atom stereocenters. The summed E-state index contributed by atoms with van der Waals surface area (Å²) < 4.78 is 28.4. The largest absolute Gasteiger partial charge is 0.496 e. The van der Waals surface area contributed by atoms with Gasteiger partial charge in [0.15, 0.2) is 11.6 Å². The summed E-state index contributed by atoms with van der Waals surface area (Å²) in [7, 11) is 4.63. The number of aliphatic hydroxyl groups excluding tert-OH is 1. The number of methoxy groups -OCH3 is 3. The highest BCUT2D eigenvalue weighted by molar-refractivity contribution is 6.35. The van der Waals surface area contributed by atoms with Crippen molar-refractivity contribution < 1.29 is 33.6 Å². The van der Waals surface area contributed by atoms with E-state index >= 15 is 0 Å². The fourth-order valence-corrected chi connectivity index (χ4v) is 5.31. The van der Waals surface area contributed by atoms with E-state index in [1.54, 1.807) is 67.8 Å². The monoisotopic (exact) mass is 643 g/mol. The third-order valence-corrected chi connectivity index (χ3v) is 7.58. The van der Waals surface area contributed by atoms with E-state index in [4.69, 9.17) is 57.0 Å². The maximum absolute atomic E-state index is 14.1. The van der Waals surface area contributed by atoms with Crippen LogP contribution < -0.4 is 29.8 Å². The van der Waals surface area contributed by atoms with Crippen molar-refractivity contribution in [3.8, 4) is 23.0 Å². The van der Waals surface area contributed by atoms with Crippen LogP contribution in [-0.4, -0.2) is 57.0 Å². The van der Waals surface area contributed by atoms with Gasteiger partial charge in [-0.05, 0) is 36.4 Å². The Morgan fingerprint density at radius 1 is 1.05 bits per heavy atom. The molecule has 1 heterocycles. The third-order valence-electron chi connectivity index (χ3n) is 7.01. The summed E-state index contributed by atoms with van der Waals surface area (Å²) in [4.78, 5) is 19.0. The van der Waals surface area contributed by atoms with E-state index in [1.807, 2.05) is 0 Å². The molecule has 1 aliphatic rings. The van der Waals surface area contributed by atoms with Crippen molar-refractivity contribution in [2.75, 3.05) is 34.5 Å². The molecule has 3 aromatic rings. The van der Waals surface area contributed by atoms with Crippen LogP contribution in [0.3, 0.4) is 0 Å². The highest BCUT2D eigenvalue weighted by Gasteiger charge is 2.53. The second-order valence-electron chi connectivity index (χ2n) is 9.77. The average molecular weight is 645 g/mol. The van der Waals surface area contributed by atoms with Gasteiger partial charge in [-0.3, -0.25) is 10.2 Å². The smallest absolute Gasteiger partial charge is 0.266 e. The van der Waals surface area contributed by atoms with Crippen LogP contribution in [0, 0.1) is 0 Å². The van der Waals surface area contributed by atoms with Crippen molar-refractivity contribution in [2.45, 2.75) is 31.0 Å². The lowest BCUT2D eigenvalue weighted by molar-refractivity contribution is -0.129. The lowest BCUT2D eigenvalue weighted by Gasteiger charge is -2.30. The van der Waals surface area contributed by atoms with Crippen molar-refractivity contribution in [1.29, 1.82) is 0 Å². The lowest BCUT2D eigenvalue weighted by Crippen LogP contribution is -2.52. The molecule has 4 rings (SSSR count). The summed E-state index contributed by atoms with van der Waals surface area (Å²) in [6, 6.07) is 15.6. The number of aliphatic imine (C=N–C) groups is 1. The van der Waals surface area contributed by atoms with Gasteiger partial charge in [-0.1, -0.05) is 35.3 Å². The van der Waals surface area contributed by atoms with Crippen LogP contribution in [0.2, 0.25) is 10.0 Å². The van der Waals surface area contributed by atoms with E-state index in [0.29, 0.717) is 62.8 Å². The molecule has 1 amide bonds. The van der Waals surface area contributed by atoms with Crippen LogP contribution in [0.15, 0.2) is 72.2 Å². The normalized spacial score (nSPS) is 17.3. The molecule has 0 fully saturated rings. The van der Waals surface area contributed by atoms with Gasteiger partial charge in [0.25, 0.3) is 5.91 Å². The molecule has 0 bridgehead atoms. The van der Waals surface area contributed by atoms with Gasteiger partial charge in [0.2, 0.25) is 5.90 Å². The van der Waals surface area contributed by atoms with Crippen molar-refractivity contribution in [3.63, 3.8) is 0 Å². The molecule has 234 valence electrons. The van der Waals surface area contributed by atoms with Crippen molar-refractivity contribution in [3.05, 3.63) is 94.0 Å². The van der Waals surface area contributed by atoms with E-state index in [9.17, 15) is 4.79 Å². The van der Waals surface area contributed by atoms with Gasteiger partial charge in [-0.15, -0.1) is 6.58 Å². The molecule has 0 radical (unpaired) electrons. The Kier molecular flexibility index (Phi) is 11.4. The van der Waals surface area contributed by atoms with Crippen LogP contribution in [0.5, 0.6) is 23.0 Å². The van der Waals surface area contributed by atoms with E-state index < -0.39 is 17.6 Å². The molecule has 1 aliphatic heterocycles. The first-order valence-corrected chi connectivity index (χ1v) is 14.5. The summed E-state index contributed by atoms with van der Waals surface area (Å²) in [5.74, 6) is 2.00. The molecule has 44 heavy (non-hydrogen) atoms. The molecule has 10 nitrogen and oxygen atoms in total. The maximum atomic E-state index is 14.1. The van der Waals surface area contributed by atoms with E-state index in [2.05, 4.69) is 17.4 Å². The number of hydrogen-bond acceptors (Lipinski definition) is 9. The Morgan fingerprint density at radius 3 is 2.34 bits per heavy atom. The number of hydrazine groups is 1. The second-order valence-corrected chi connectivity index (χ2v) is 10.6. The van der Waals surface area contributed by atoms with Gasteiger partial charge in [0.1, 0.15) is 23.0 Å². The Morgan fingerprint density at radius 2 is 1.75 bits per heavy atom. The number of nitrogens with one attached hydrogen (secondary N) is 2. The molecule has 0 saturated carbocycles. The Hall–Kier alpha value is -3.96. The number of ether oxygens (including phenoxy) is 5. The first-order chi connectivity index (χ1) is 21.3. The summed E-state index contributed by atoms with van der Waals surface area (Å²) in [6.45, 7) is 4.48. The lowest BCUT2D eigenvalue weighted by atomic mass is 9.84. The minimum atomic E-state index is -1.48. The third kappa shape index (κ3) is 7.22. The SMILES string of the molecule is C=CC[C@]1(C(=O)NNCc2c(OC)cc(OC)cc2OC)N=C(c2ccc(OCCCO)cc2)O[C@H]1c1ccc(Cl)cc1Cl. The molecule has 0 spiro atoms. The molecular formula is C32H35Cl2N3O7. The number of hydrogen-bond donors (Lipinski definition) is 3. The molecule has 0 aromatic heterocycles. The van der Waals surface area contributed by atoms with E-state index in [1.165, 1.54) is 14.2 Å². The molecule has 0 aliphatic carbocycles. The van der Waals surface area contributed by atoms with Gasteiger partial charge < -0.3 is 28.8 Å². The fourth-order valence-electron chi connectivity index (χ4n) is 4.80. The minimum absolute atomic E-state index is 0.0425. The molecule has 3 N–H and O–H groups in total. The first-order valence-electron chi connectivity index (χ1n) is 13.8. The number of carbonyl (C=O) groups is 1. The zero-order valence-corrected chi connectivity index (χ0v) is 26.2. The highest BCUT2D eigenvalue weighted by atomic mass is 35.5. The average Bonchev–Trinajstić information content (AvgIpc) is 3.41. The Bertz CT molecular complexity index is 1470. The summed E-state index contributed by atoms with van der Waals surface area (Å²) >= 11 is 12.8. The minimum Gasteiger partial charge on any atom is -0.496 e. The van der Waals surface area contributed by atoms with Crippen molar-refractivity contribution >= 4 is 35.0 Å². The number of carbonyl (C=O) groups excluding carboxylic acids is 1. The van der Waals surface area contributed by atoms with Crippen molar-refractivity contribution in [2.24, 2.45) is 4.99 Å². The molecular weight excluding hydrogens is 609 g/mol. The molecule has 2 atom stereocenters. The number of amides is 1. The number of halogens is 2. The standard InChI is InChI=1S/C32H35Cl2N3O7/c1-5-13-32(31(39)37-35-19-25-27(41-3)17-23(40-2)18-28(25)42-4)29(24-12-9-21(33)16-26(24)34)44-30(36-32)20-7-10-22(11-8-20)43-15-6-14-38/h5,7-12,16-18,29,35,38H,1,6,13-15,19H2,2-4H3,(H,37,39)/t29-,32-/m0/s1. The van der Waals surface area contributed by atoms with Crippen LogP contribution in [0.1, 0.15) is 35.6 Å². The molecule has 12 heteroatoms. The van der Waals surface area contributed by atoms with Gasteiger partial charge in [0, 0.05) is 59.3 Å². The fraction of sp³-hybridized carbons (Fsp3) is 0.312. The van der Waals surface area contributed by atoms with Crippen LogP contribution in [0.25, 0.3) is 0 Å². The zero-order chi connectivity index (χ0) is 31.7. The predicted molar refractivity (Wildman–Crippen MR) is 169 cm³/mol. The summed E-state index contributed by atoms with van der Waals surface area (Å²) in [5, 5.41) is 9.78. The van der Waals surface area contributed by atoms with E-state index in [-0.39, 0.29) is 25.5 Å². The summed E-state index contributed by atoms with van der Waals surface area (Å²) in [6.07, 6.45) is 1.35. The van der Waals surface area contributed by atoms with E-state index in [0.717, 1.165) is 0 Å². The number of rotatable bonds is 15. The van der Waals surface area contributed by atoms with Crippen LogP contribution in [-0.2, 0) is 16.1 Å². The van der Waals surface area contributed by atoms with Gasteiger partial charge in [-0.2, -0.15) is 0 Å². The van der Waals surface area contributed by atoms with Gasteiger partial charge in [-0.25, -0.2) is 10.4 Å². The van der Waals surface area contributed by atoms with Gasteiger partial charge >= 0.3 is 0 Å². The van der Waals surface area contributed by atoms with Gasteiger partial charge in [0.05, 0.1) is 33.5 Å². The first kappa shape index (κ1) is 32.9. The van der Waals surface area contributed by atoms with Crippen molar-refractivity contribution in [1.82, 2.24) is 10.9 Å². The number of aliphatic hydroxyl groups is 1. The summed E-state index contributed by atoms with van der Waals surface area (Å²) in [5.41, 5.74) is 6.13. The maximum Gasteiger partial charge on any atom is 0.266 e. The number of nitrogens with zero attached hydrogens (tertiary/aromatic N) is 1. The predicted octanol–water partition coefficient (Wildman–Crippen LogP) is 5.43. The zero-order valence-electron chi connectivity index (χ0n) is 24.7. The molecule has 0 saturated heterocycles. The molecule has 3 aromatic carbocycles.